The van der Waals surface area contributed by atoms with Crippen LogP contribution in [0.5, 0.6) is 0 Å². The van der Waals surface area contributed by atoms with E-state index < -0.39 is 5.97 Å². The Morgan fingerprint density at radius 2 is 1.97 bits per heavy atom. The molecule has 0 aliphatic carbocycles. The van der Waals surface area contributed by atoms with Crippen LogP contribution in [0.1, 0.15) is 37.0 Å². The highest BCUT2D eigenvalue weighted by Gasteiger charge is 2.27. The summed E-state index contributed by atoms with van der Waals surface area (Å²) in [6.07, 6.45) is 3.94. The van der Waals surface area contributed by atoms with Crippen molar-refractivity contribution in [1.82, 2.24) is 19.4 Å². The zero-order chi connectivity index (χ0) is 22.8. The van der Waals surface area contributed by atoms with Gasteiger partial charge in [0.2, 0.25) is 5.43 Å². The van der Waals surface area contributed by atoms with Gasteiger partial charge < -0.3 is 19.1 Å². The Labute approximate surface area is 202 Å². The van der Waals surface area contributed by atoms with Crippen LogP contribution in [-0.4, -0.2) is 84.3 Å². The minimum Gasteiger partial charge on any atom is -0.462 e. The molecule has 0 N–H and O–H groups in total. The summed E-state index contributed by atoms with van der Waals surface area (Å²) in [4.78, 5) is 37.9. The molecule has 0 unspecified atom stereocenters. The van der Waals surface area contributed by atoms with E-state index in [1.807, 2.05) is 10.6 Å². The first-order valence-corrected chi connectivity index (χ1v) is 12.6. The number of rotatable bonds is 6. The molecule has 8 nitrogen and oxygen atoms in total. The van der Waals surface area contributed by atoms with Crippen molar-refractivity contribution in [1.29, 1.82) is 0 Å². The first-order valence-electron chi connectivity index (χ1n) is 11.5. The van der Waals surface area contributed by atoms with E-state index in [1.165, 1.54) is 6.42 Å². The molecule has 174 valence electrons. The van der Waals surface area contributed by atoms with Gasteiger partial charge in [-0.2, -0.15) is 0 Å². The van der Waals surface area contributed by atoms with Crippen LogP contribution in [0.3, 0.4) is 0 Å². The number of hydrogen-bond donors (Lipinski definition) is 0. The van der Waals surface area contributed by atoms with E-state index in [0.717, 1.165) is 55.1 Å². The van der Waals surface area contributed by atoms with Crippen LogP contribution in [0.25, 0.3) is 11.0 Å². The van der Waals surface area contributed by atoms with Crippen LogP contribution >= 0.6 is 22.6 Å². The van der Waals surface area contributed by atoms with Crippen molar-refractivity contribution >= 4 is 45.4 Å². The molecule has 9 heteroatoms. The largest absolute Gasteiger partial charge is 0.462 e. The summed E-state index contributed by atoms with van der Waals surface area (Å²) in [5.41, 5.74) is 0.439. The van der Waals surface area contributed by atoms with Gasteiger partial charge in [0.15, 0.2) is 0 Å². The first-order chi connectivity index (χ1) is 15.4. The third-order valence-corrected chi connectivity index (χ3v) is 7.39. The maximum Gasteiger partial charge on any atom is 0.343 e. The number of halogens is 1. The molecule has 2 aliphatic rings. The fourth-order valence-electron chi connectivity index (χ4n) is 4.76. The molecule has 2 fully saturated rings. The number of hydrogen-bond acceptors (Lipinski definition) is 7. The normalized spacial score (nSPS) is 20.2. The summed E-state index contributed by atoms with van der Waals surface area (Å²) >= 11 is 2.26. The van der Waals surface area contributed by atoms with Gasteiger partial charge in [0.1, 0.15) is 17.0 Å². The molecule has 0 radical (unpaired) electrons. The molecular weight excluding hydrogens is 521 g/mol. The zero-order valence-corrected chi connectivity index (χ0v) is 21.3. The van der Waals surface area contributed by atoms with Gasteiger partial charge in [-0.05, 0) is 68.6 Å². The number of aromatic nitrogens is 2. The Hall–Kier alpha value is -1.72. The Balaban J connectivity index is 1.83. The molecule has 1 atom stereocenters. The lowest BCUT2D eigenvalue weighted by Crippen LogP contribution is -2.45. The molecule has 32 heavy (non-hydrogen) atoms. The van der Waals surface area contributed by atoms with Crippen molar-refractivity contribution in [3.8, 4) is 0 Å². The van der Waals surface area contributed by atoms with Gasteiger partial charge in [0, 0.05) is 45.0 Å². The van der Waals surface area contributed by atoms with E-state index in [-0.39, 0.29) is 17.6 Å². The molecule has 0 spiro atoms. The van der Waals surface area contributed by atoms with E-state index in [9.17, 15) is 9.59 Å². The van der Waals surface area contributed by atoms with Crippen LogP contribution in [0, 0.1) is 3.57 Å². The van der Waals surface area contributed by atoms with Gasteiger partial charge >= 0.3 is 5.97 Å². The van der Waals surface area contributed by atoms with E-state index in [4.69, 9.17) is 9.72 Å². The highest BCUT2D eigenvalue weighted by Crippen LogP contribution is 2.26. The van der Waals surface area contributed by atoms with Crippen LogP contribution in [0.2, 0.25) is 0 Å². The number of ether oxygens (including phenoxy) is 1. The molecule has 0 bridgehead atoms. The average molecular weight is 553 g/mol. The summed E-state index contributed by atoms with van der Waals surface area (Å²) in [5.74, 6) is 0.354. The fourth-order valence-corrected chi connectivity index (χ4v) is 5.53. The molecule has 2 aromatic rings. The van der Waals surface area contributed by atoms with Gasteiger partial charge in [-0.1, -0.05) is 6.92 Å². The molecule has 0 saturated carbocycles. The van der Waals surface area contributed by atoms with Gasteiger partial charge in [0.05, 0.1) is 15.6 Å². The maximum atomic E-state index is 13.2. The van der Waals surface area contributed by atoms with Crippen LogP contribution in [-0.2, 0) is 11.3 Å². The number of likely N-dealkylation sites (tertiary alicyclic amines) is 1. The molecule has 4 rings (SSSR count). The Kier molecular flexibility index (Phi) is 7.36. The Morgan fingerprint density at radius 3 is 2.66 bits per heavy atom. The van der Waals surface area contributed by atoms with Gasteiger partial charge in [-0.25, -0.2) is 9.78 Å². The summed E-state index contributed by atoms with van der Waals surface area (Å²) in [6, 6.07) is 2.26. The number of fused-ring (bicyclic) bond motifs is 1. The summed E-state index contributed by atoms with van der Waals surface area (Å²) in [6.45, 7) is 10.7. The molecule has 0 amide bonds. The number of likely N-dealkylation sites (N-methyl/N-ethyl adjacent to an activating group) is 2. The predicted octanol–water partition coefficient (Wildman–Crippen LogP) is 2.41. The van der Waals surface area contributed by atoms with Crippen molar-refractivity contribution in [2.75, 3.05) is 57.8 Å². The first kappa shape index (κ1) is 23.4. The second-order valence-corrected chi connectivity index (χ2v) is 9.79. The summed E-state index contributed by atoms with van der Waals surface area (Å²) < 4.78 is 8.13. The number of carbonyl (C=O) groups is 1. The van der Waals surface area contributed by atoms with Crippen molar-refractivity contribution in [3.05, 3.63) is 31.6 Å². The van der Waals surface area contributed by atoms with E-state index in [1.54, 1.807) is 13.1 Å². The minimum absolute atomic E-state index is 0.0883. The lowest BCUT2D eigenvalue weighted by Gasteiger charge is -2.34. The van der Waals surface area contributed by atoms with Crippen molar-refractivity contribution < 1.29 is 9.53 Å². The summed E-state index contributed by atoms with van der Waals surface area (Å²) in [5, 5.41) is 0.485. The highest BCUT2D eigenvalue weighted by molar-refractivity contribution is 14.1. The average Bonchev–Trinajstić information content (AvgIpc) is 3.23. The predicted molar refractivity (Wildman–Crippen MR) is 135 cm³/mol. The Bertz CT molecular complexity index is 1050. The lowest BCUT2D eigenvalue weighted by atomic mass is 10.1. The number of anilines is 1. The number of nitrogens with zero attached hydrogens (tertiary/aromatic N) is 5. The van der Waals surface area contributed by atoms with Gasteiger partial charge in [0.25, 0.3) is 0 Å². The zero-order valence-electron chi connectivity index (χ0n) is 19.1. The van der Waals surface area contributed by atoms with Gasteiger partial charge in [-0.3, -0.25) is 9.69 Å². The summed E-state index contributed by atoms with van der Waals surface area (Å²) in [7, 11) is 2.13. The number of carbonyl (C=O) groups excluding carboxylic acids is 1. The lowest BCUT2D eigenvalue weighted by molar-refractivity contribution is 0.0524. The van der Waals surface area contributed by atoms with Crippen LogP contribution in [0.15, 0.2) is 17.1 Å². The minimum atomic E-state index is -0.565. The molecule has 2 saturated heterocycles. The monoisotopic (exact) mass is 553 g/mol. The molecule has 2 aliphatic heterocycles. The highest BCUT2D eigenvalue weighted by atomic mass is 127. The van der Waals surface area contributed by atoms with Crippen molar-refractivity contribution in [3.63, 3.8) is 0 Å². The number of esters is 1. The van der Waals surface area contributed by atoms with Gasteiger partial charge in [-0.15, -0.1) is 0 Å². The van der Waals surface area contributed by atoms with Crippen LogP contribution < -0.4 is 10.3 Å². The third kappa shape index (κ3) is 4.65. The van der Waals surface area contributed by atoms with E-state index in [0.29, 0.717) is 23.6 Å². The topological polar surface area (TPSA) is 70.9 Å². The van der Waals surface area contributed by atoms with Crippen molar-refractivity contribution in [2.24, 2.45) is 0 Å². The maximum absolute atomic E-state index is 13.2. The smallest absolute Gasteiger partial charge is 0.343 e. The molecule has 4 heterocycles. The van der Waals surface area contributed by atoms with Crippen molar-refractivity contribution in [2.45, 2.75) is 39.3 Å². The molecular formula is C23H32IN5O3. The molecule has 0 aromatic carbocycles. The second kappa shape index (κ2) is 10.0. The SMILES string of the molecule is CCOC(=O)c1cn(C[C@@H]2CCCN2CC)c2nc(N3CCN(C)CC3)c(I)cc2c1=O. The van der Waals surface area contributed by atoms with E-state index in [2.05, 4.69) is 51.3 Å². The number of piperazine rings is 1. The Morgan fingerprint density at radius 1 is 1.22 bits per heavy atom. The second-order valence-electron chi connectivity index (χ2n) is 8.62. The van der Waals surface area contributed by atoms with E-state index >= 15 is 0 Å². The third-order valence-electron chi connectivity index (χ3n) is 6.59. The molecule has 2 aromatic heterocycles. The quantitative estimate of drug-likeness (QED) is 0.402. The standard InChI is InChI=1S/C23H32IN5O3/c1-4-27-8-6-7-16(27)14-29-15-18(23(31)32-5-2)20(30)17-13-19(24)22(25-21(17)29)28-11-9-26(3)10-12-28/h13,15-16H,4-12,14H2,1-3H3/t16-/m0/s1. The number of pyridine rings is 2. The van der Waals surface area contributed by atoms with Crippen LogP contribution in [0.4, 0.5) is 5.82 Å². The fraction of sp³-hybridized carbons (Fsp3) is 0.609.